The molecule has 2 atom stereocenters. The molecule has 1 aliphatic rings. The topological polar surface area (TPSA) is 41.5 Å². The lowest BCUT2D eigenvalue weighted by atomic mass is 9.88. The molecule has 17 heavy (non-hydrogen) atoms. The van der Waals surface area contributed by atoms with E-state index >= 15 is 0 Å². The Morgan fingerprint density at radius 2 is 2.06 bits per heavy atom. The van der Waals surface area contributed by atoms with Crippen molar-refractivity contribution in [3.05, 3.63) is 35.9 Å². The molecule has 1 aliphatic heterocycles. The van der Waals surface area contributed by atoms with Gasteiger partial charge in [0.05, 0.1) is 6.10 Å². The molecule has 1 heterocycles. The van der Waals surface area contributed by atoms with Crippen molar-refractivity contribution in [1.29, 1.82) is 0 Å². The Morgan fingerprint density at radius 3 is 2.59 bits per heavy atom. The summed E-state index contributed by atoms with van der Waals surface area (Å²) in [6, 6.07) is 10.1. The molecule has 0 spiro atoms. The molecule has 0 aromatic heterocycles. The molecule has 1 aromatic rings. The molecule has 0 radical (unpaired) electrons. The zero-order valence-corrected chi connectivity index (χ0v) is 10.5. The number of ether oxygens (including phenoxy) is 1. The number of rotatable bonds is 5. The van der Waals surface area contributed by atoms with Crippen LogP contribution in [0, 0.1) is 5.92 Å². The molecule has 2 unspecified atom stereocenters. The van der Waals surface area contributed by atoms with Gasteiger partial charge in [0, 0.05) is 12.8 Å². The van der Waals surface area contributed by atoms with E-state index in [2.05, 4.69) is 31.5 Å². The second-order valence-corrected chi connectivity index (χ2v) is 5.34. The molecule has 1 saturated heterocycles. The lowest BCUT2D eigenvalue weighted by Crippen LogP contribution is -2.60. The van der Waals surface area contributed by atoms with Crippen LogP contribution in [-0.2, 0) is 11.2 Å². The summed E-state index contributed by atoms with van der Waals surface area (Å²) in [4.78, 5) is 0. The predicted octanol–water partition coefficient (Wildman–Crippen LogP) is 2.74. The molecule has 94 valence electrons. The van der Waals surface area contributed by atoms with Crippen LogP contribution in [0.1, 0.15) is 32.3 Å². The van der Waals surface area contributed by atoms with Crippen molar-refractivity contribution in [3.8, 4) is 0 Å². The van der Waals surface area contributed by atoms with E-state index in [-0.39, 0.29) is 6.10 Å². The summed E-state index contributed by atoms with van der Waals surface area (Å²) in [6.07, 6.45) is 2.91. The maximum Gasteiger partial charge on any atom is 0.147 e. The van der Waals surface area contributed by atoms with Crippen LogP contribution in [0.15, 0.2) is 30.3 Å². The highest BCUT2D eigenvalue weighted by Gasteiger charge is 2.45. The standard InChI is InChI=1S/C14H21NO2/c1-11(2)8-13-10-14(15-16,17-13)9-12-6-4-3-5-7-12/h3-7,11,13,15-16H,8-10H2,1-2H3. The van der Waals surface area contributed by atoms with Crippen LogP contribution in [-0.4, -0.2) is 17.0 Å². The minimum atomic E-state index is -0.569. The smallest absolute Gasteiger partial charge is 0.147 e. The summed E-state index contributed by atoms with van der Waals surface area (Å²) >= 11 is 0. The molecule has 1 fully saturated rings. The van der Waals surface area contributed by atoms with Crippen molar-refractivity contribution < 1.29 is 9.94 Å². The first-order valence-corrected chi connectivity index (χ1v) is 6.26. The monoisotopic (exact) mass is 235 g/mol. The lowest BCUT2D eigenvalue weighted by molar-refractivity contribution is -0.265. The summed E-state index contributed by atoms with van der Waals surface area (Å²) in [5.74, 6) is 0.633. The highest BCUT2D eigenvalue weighted by molar-refractivity contribution is 5.17. The van der Waals surface area contributed by atoms with E-state index in [1.807, 2.05) is 18.2 Å². The van der Waals surface area contributed by atoms with Crippen molar-refractivity contribution in [2.24, 2.45) is 5.92 Å². The highest BCUT2D eigenvalue weighted by atomic mass is 16.6. The van der Waals surface area contributed by atoms with Gasteiger partial charge in [-0.1, -0.05) is 44.2 Å². The van der Waals surface area contributed by atoms with E-state index in [0.717, 1.165) is 12.8 Å². The summed E-state index contributed by atoms with van der Waals surface area (Å²) in [5.41, 5.74) is 2.95. The van der Waals surface area contributed by atoms with E-state index in [9.17, 15) is 5.21 Å². The summed E-state index contributed by atoms with van der Waals surface area (Å²) in [6.45, 7) is 4.37. The quantitative estimate of drug-likeness (QED) is 0.771. The number of benzene rings is 1. The Bertz CT molecular complexity index is 344. The van der Waals surface area contributed by atoms with Crippen LogP contribution in [0.4, 0.5) is 0 Å². The molecule has 0 aliphatic carbocycles. The molecule has 3 nitrogen and oxygen atoms in total. The van der Waals surface area contributed by atoms with Crippen LogP contribution in [0.2, 0.25) is 0 Å². The minimum absolute atomic E-state index is 0.276. The second-order valence-electron chi connectivity index (χ2n) is 5.34. The maximum atomic E-state index is 9.27. The average molecular weight is 235 g/mol. The number of hydrogen-bond donors (Lipinski definition) is 2. The van der Waals surface area contributed by atoms with Gasteiger partial charge in [0.25, 0.3) is 0 Å². The van der Waals surface area contributed by atoms with Crippen molar-refractivity contribution >= 4 is 0 Å². The Labute approximate surface area is 103 Å². The Balaban J connectivity index is 1.91. The first-order chi connectivity index (χ1) is 8.13. The van der Waals surface area contributed by atoms with Crippen LogP contribution in [0.25, 0.3) is 0 Å². The summed E-state index contributed by atoms with van der Waals surface area (Å²) < 4.78 is 5.83. The van der Waals surface area contributed by atoms with Gasteiger partial charge < -0.3 is 9.94 Å². The number of hydroxylamine groups is 1. The first kappa shape index (κ1) is 12.6. The Morgan fingerprint density at radius 1 is 1.41 bits per heavy atom. The minimum Gasteiger partial charge on any atom is -0.355 e. The van der Waals surface area contributed by atoms with Gasteiger partial charge in [0.1, 0.15) is 5.72 Å². The van der Waals surface area contributed by atoms with Gasteiger partial charge in [-0.15, -0.1) is 0 Å². The van der Waals surface area contributed by atoms with Gasteiger partial charge in [-0.05, 0) is 17.9 Å². The third kappa shape index (κ3) is 3.06. The van der Waals surface area contributed by atoms with Crippen molar-refractivity contribution in [2.75, 3.05) is 0 Å². The molecule has 3 heteroatoms. The SMILES string of the molecule is CC(C)CC1CC(Cc2ccccc2)(NO)O1. The largest absolute Gasteiger partial charge is 0.355 e. The Hall–Kier alpha value is -0.900. The Kier molecular flexibility index (Phi) is 3.82. The van der Waals surface area contributed by atoms with Gasteiger partial charge in [0.2, 0.25) is 0 Å². The van der Waals surface area contributed by atoms with E-state index in [1.165, 1.54) is 5.56 Å². The predicted molar refractivity (Wildman–Crippen MR) is 66.7 cm³/mol. The average Bonchev–Trinajstić information content (AvgIpc) is 2.26. The molecular weight excluding hydrogens is 214 g/mol. The number of nitrogens with one attached hydrogen (secondary N) is 1. The molecule has 0 bridgehead atoms. The fourth-order valence-corrected chi connectivity index (χ4v) is 2.49. The van der Waals surface area contributed by atoms with Crippen LogP contribution < -0.4 is 5.48 Å². The normalized spacial score (nSPS) is 28.1. The molecule has 2 N–H and O–H groups in total. The zero-order valence-electron chi connectivity index (χ0n) is 10.5. The van der Waals surface area contributed by atoms with E-state index in [0.29, 0.717) is 12.3 Å². The molecule has 0 saturated carbocycles. The van der Waals surface area contributed by atoms with Crippen LogP contribution >= 0.6 is 0 Å². The number of hydrogen-bond acceptors (Lipinski definition) is 3. The lowest BCUT2D eigenvalue weighted by Gasteiger charge is -2.47. The summed E-state index contributed by atoms with van der Waals surface area (Å²) in [5, 5.41) is 9.27. The van der Waals surface area contributed by atoms with Crippen molar-refractivity contribution in [3.63, 3.8) is 0 Å². The highest BCUT2D eigenvalue weighted by Crippen LogP contribution is 2.36. The van der Waals surface area contributed by atoms with Gasteiger partial charge in [0.15, 0.2) is 0 Å². The maximum absolute atomic E-state index is 9.27. The van der Waals surface area contributed by atoms with Gasteiger partial charge in [-0.3, -0.25) is 0 Å². The van der Waals surface area contributed by atoms with E-state index in [4.69, 9.17) is 4.74 Å². The van der Waals surface area contributed by atoms with E-state index < -0.39 is 5.72 Å². The first-order valence-electron chi connectivity index (χ1n) is 6.26. The summed E-state index contributed by atoms with van der Waals surface area (Å²) in [7, 11) is 0. The van der Waals surface area contributed by atoms with Gasteiger partial charge in [-0.2, -0.15) is 5.48 Å². The van der Waals surface area contributed by atoms with Crippen LogP contribution in [0.3, 0.4) is 0 Å². The van der Waals surface area contributed by atoms with Gasteiger partial charge >= 0.3 is 0 Å². The molecular formula is C14H21NO2. The zero-order chi connectivity index (χ0) is 12.3. The van der Waals surface area contributed by atoms with E-state index in [1.54, 1.807) is 0 Å². The van der Waals surface area contributed by atoms with Crippen molar-refractivity contribution in [1.82, 2.24) is 5.48 Å². The van der Waals surface area contributed by atoms with Gasteiger partial charge in [-0.25, -0.2) is 0 Å². The van der Waals surface area contributed by atoms with Crippen molar-refractivity contribution in [2.45, 2.75) is 44.9 Å². The third-order valence-electron chi connectivity index (χ3n) is 3.22. The fourth-order valence-electron chi connectivity index (χ4n) is 2.49. The molecule has 2 rings (SSSR count). The fraction of sp³-hybridized carbons (Fsp3) is 0.571. The molecule has 0 amide bonds. The molecule has 1 aromatic carbocycles. The van der Waals surface area contributed by atoms with Crippen LogP contribution in [0.5, 0.6) is 0 Å². The third-order valence-corrected chi connectivity index (χ3v) is 3.22. The second kappa shape index (κ2) is 5.17.